The van der Waals surface area contributed by atoms with E-state index in [1.54, 1.807) is 0 Å². The second kappa shape index (κ2) is 14.3. The Kier molecular flexibility index (Phi) is 12.1. The van der Waals surface area contributed by atoms with Gasteiger partial charge >= 0.3 is 0 Å². The molecule has 4 heteroatoms. The Hall–Kier alpha value is -1.55. The molecule has 1 aromatic rings. The first kappa shape index (κ1) is 29.7. The first-order chi connectivity index (χ1) is 16.5. The lowest BCUT2D eigenvalue weighted by Gasteiger charge is -2.38. The van der Waals surface area contributed by atoms with Gasteiger partial charge in [0.05, 0.1) is 0 Å². The lowest BCUT2D eigenvalue weighted by atomic mass is 9.84. The highest BCUT2D eigenvalue weighted by molar-refractivity contribution is 5.54. The topological polar surface area (TPSA) is 51.1 Å². The molecule has 35 heavy (non-hydrogen) atoms. The van der Waals surface area contributed by atoms with Crippen LogP contribution in [0.2, 0.25) is 0 Å². The van der Waals surface area contributed by atoms with Crippen molar-refractivity contribution in [3.05, 3.63) is 22.8 Å². The monoisotopic (exact) mass is 487 g/mol. The average molecular weight is 488 g/mol. The summed E-state index contributed by atoms with van der Waals surface area (Å²) >= 11 is 0. The number of ether oxygens (including phenoxy) is 2. The largest absolute Gasteiger partial charge is 0.487 e. The number of hydrogen-bond donors (Lipinski definition) is 1. The molecule has 0 radical (unpaired) electrons. The fourth-order valence-electron chi connectivity index (χ4n) is 5.45. The first-order valence-electron chi connectivity index (χ1n) is 14.1. The number of aliphatic hydroxyl groups excluding tert-OH is 1. The van der Waals surface area contributed by atoms with Crippen molar-refractivity contribution in [2.45, 2.75) is 131 Å². The van der Waals surface area contributed by atoms with Gasteiger partial charge in [-0.15, -0.1) is 0 Å². The van der Waals surface area contributed by atoms with Crippen LogP contribution in [0.3, 0.4) is 0 Å². The third kappa shape index (κ3) is 9.79. The molecule has 1 aliphatic rings. The van der Waals surface area contributed by atoms with E-state index >= 15 is 0 Å². The smallest absolute Gasteiger partial charge is 0.217 e. The van der Waals surface area contributed by atoms with Crippen molar-refractivity contribution in [2.75, 3.05) is 6.54 Å². The van der Waals surface area contributed by atoms with Crippen LogP contribution in [0.25, 0.3) is 0 Å². The maximum atomic E-state index is 9.99. The van der Waals surface area contributed by atoms with Crippen molar-refractivity contribution in [3.8, 4) is 11.5 Å². The summed E-state index contributed by atoms with van der Waals surface area (Å²) in [6, 6.07) is 1.98. The molecule has 1 aliphatic heterocycles. The van der Waals surface area contributed by atoms with Crippen LogP contribution < -0.4 is 9.47 Å². The highest BCUT2D eigenvalue weighted by atomic mass is 16.6. The third-order valence-electron chi connectivity index (χ3n) is 7.88. The zero-order valence-electron chi connectivity index (χ0n) is 23.8. The van der Waals surface area contributed by atoms with Gasteiger partial charge in [0.15, 0.2) is 0 Å². The fourth-order valence-corrected chi connectivity index (χ4v) is 5.45. The minimum atomic E-state index is -0.964. The van der Waals surface area contributed by atoms with Gasteiger partial charge < -0.3 is 14.6 Å². The number of fused-ring (bicyclic) bond motifs is 1. The zero-order chi connectivity index (χ0) is 26.0. The van der Waals surface area contributed by atoms with Gasteiger partial charge in [0.2, 0.25) is 6.29 Å². The molecule has 0 bridgehead atoms. The average Bonchev–Trinajstić information content (AvgIpc) is 2.77. The number of hydrogen-bond acceptors (Lipinski definition) is 4. The van der Waals surface area contributed by atoms with E-state index in [2.05, 4.69) is 60.2 Å². The molecule has 0 spiro atoms. The molecule has 0 saturated carbocycles. The van der Waals surface area contributed by atoms with E-state index < -0.39 is 6.29 Å². The number of aliphatic imine (C=N–C) groups is 1. The minimum absolute atomic E-state index is 0.108. The molecule has 200 valence electrons. The predicted molar refractivity (Wildman–Crippen MR) is 149 cm³/mol. The zero-order valence-corrected chi connectivity index (χ0v) is 23.8. The van der Waals surface area contributed by atoms with Crippen LogP contribution in [-0.2, 0) is 6.42 Å². The second-order valence-corrected chi connectivity index (χ2v) is 12.0. The van der Waals surface area contributed by atoms with Gasteiger partial charge in [0, 0.05) is 5.56 Å². The molecule has 4 nitrogen and oxygen atoms in total. The lowest BCUT2D eigenvalue weighted by Crippen LogP contribution is -2.37. The number of nitrogens with zero attached hydrogens (tertiary/aromatic N) is 1. The highest BCUT2D eigenvalue weighted by Crippen LogP contribution is 2.43. The molecule has 2 rings (SSSR count). The third-order valence-corrected chi connectivity index (χ3v) is 7.88. The Labute approximate surface area is 215 Å². The van der Waals surface area contributed by atoms with Crippen molar-refractivity contribution in [2.24, 2.45) is 22.7 Å². The van der Waals surface area contributed by atoms with E-state index in [9.17, 15) is 5.11 Å². The molecule has 0 aliphatic carbocycles. The predicted octanol–water partition coefficient (Wildman–Crippen LogP) is 8.22. The Balaban J connectivity index is 1.79. The van der Waals surface area contributed by atoms with Gasteiger partial charge in [-0.25, -0.2) is 0 Å². The summed E-state index contributed by atoms with van der Waals surface area (Å²) in [5.41, 5.74) is 3.24. The molecule has 4 atom stereocenters. The summed E-state index contributed by atoms with van der Waals surface area (Å²) in [6.07, 6.45) is 12.9. The van der Waals surface area contributed by atoms with Gasteiger partial charge in [-0.05, 0) is 88.1 Å². The van der Waals surface area contributed by atoms with Gasteiger partial charge in [-0.1, -0.05) is 72.6 Å². The van der Waals surface area contributed by atoms with Crippen molar-refractivity contribution >= 4 is 6.72 Å². The van der Waals surface area contributed by atoms with E-state index in [1.807, 2.05) is 6.07 Å². The van der Waals surface area contributed by atoms with Gasteiger partial charge in [0.1, 0.15) is 23.6 Å². The molecule has 0 fully saturated rings. The van der Waals surface area contributed by atoms with Gasteiger partial charge in [-0.2, -0.15) is 0 Å². The van der Waals surface area contributed by atoms with Crippen LogP contribution >= 0.6 is 0 Å². The van der Waals surface area contributed by atoms with Crippen LogP contribution in [0.4, 0.5) is 0 Å². The van der Waals surface area contributed by atoms with Crippen LogP contribution in [-0.4, -0.2) is 30.3 Å². The van der Waals surface area contributed by atoms with E-state index in [0.29, 0.717) is 5.75 Å². The Morgan fingerprint density at radius 3 is 2.23 bits per heavy atom. The summed E-state index contributed by atoms with van der Waals surface area (Å²) < 4.78 is 12.4. The van der Waals surface area contributed by atoms with Crippen molar-refractivity contribution < 1.29 is 14.6 Å². The minimum Gasteiger partial charge on any atom is -0.487 e. The molecule has 1 N–H and O–H groups in total. The molecule has 0 amide bonds. The van der Waals surface area contributed by atoms with E-state index in [1.165, 1.54) is 56.9 Å². The van der Waals surface area contributed by atoms with E-state index in [-0.39, 0.29) is 12.1 Å². The molecule has 0 aromatic heterocycles. The summed E-state index contributed by atoms with van der Waals surface area (Å²) in [5, 5.41) is 9.99. The maximum absolute atomic E-state index is 9.99. The lowest BCUT2D eigenvalue weighted by molar-refractivity contribution is -0.00902. The molecule has 1 heterocycles. The number of aliphatic hydroxyl groups is 1. The molecule has 0 saturated heterocycles. The molecule has 1 aromatic carbocycles. The summed E-state index contributed by atoms with van der Waals surface area (Å²) in [4.78, 5) is 3.72. The normalized spacial score (nSPS) is 20.1. The molecular weight excluding hydrogens is 434 g/mol. The van der Waals surface area contributed by atoms with Gasteiger partial charge in [0.25, 0.3) is 0 Å². The summed E-state index contributed by atoms with van der Waals surface area (Å²) in [7, 11) is 0. The maximum Gasteiger partial charge on any atom is 0.217 e. The molecular formula is C31H53NO3. The number of aryl methyl sites for hydroxylation is 1. The van der Waals surface area contributed by atoms with Crippen molar-refractivity contribution in [1.82, 2.24) is 0 Å². The Morgan fingerprint density at radius 1 is 1.03 bits per heavy atom. The Morgan fingerprint density at radius 2 is 1.63 bits per heavy atom. The van der Waals surface area contributed by atoms with Gasteiger partial charge in [-0.3, -0.25) is 4.99 Å². The van der Waals surface area contributed by atoms with E-state index in [0.717, 1.165) is 53.9 Å². The SMILES string of the molecule is C=NCC(O)Oc1cc(C)c2c(c1C)CCC(C)(CCCC(C)CCCC(C)CCCC(C)C)O2. The molecule has 4 unspecified atom stereocenters. The van der Waals surface area contributed by atoms with Crippen molar-refractivity contribution in [3.63, 3.8) is 0 Å². The number of benzene rings is 1. The fraction of sp³-hybridized carbons (Fsp3) is 0.774. The standard InChI is InChI=1S/C31H53NO3/c1-22(2)12-9-13-23(3)14-10-15-24(4)16-11-18-31(7)19-17-27-26(6)28(34-29(33)21-32-8)20-25(5)30(27)35-31/h20,22-24,29,33H,8-19,21H2,1-7H3. The highest BCUT2D eigenvalue weighted by Gasteiger charge is 2.33. The Bertz CT molecular complexity index is 790. The second-order valence-electron chi connectivity index (χ2n) is 12.0. The van der Waals surface area contributed by atoms with Crippen LogP contribution in [0.5, 0.6) is 11.5 Å². The van der Waals surface area contributed by atoms with Crippen molar-refractivity contribution in [1.29, 1.82) is 0 Å². The quantitative estimate of drug-likeness (QED) is 0.189. The van der Waals surface area contributed by atoms with Crippen LogP contribution in [0, 0.1) is 31.6 Å². The van der Waals surface area contributed by atoms with Crippen LogP contribution in [0.1, 0.15) is 116 Å². The summed E-state index contributed by atoms with van der Waals surface area (Å²) in [5.74, 6) is 4.23. The summed E-state index contributed by atoms with van der Waals surface area (Å²) in [6.45, 7) is 19.5. The number of rotatable bonds is 16. The van der Waals surface area contributed by atoms with E-state index in [4.69, 9.17) is 9.47 Å². The van der Waals surface area contributed by atoms with Crippen LogP contribution in [0.15, 0.2) is 11.1 Å². The first-order valence-corrected chi connectivity index (χ1v) is 14.1.